The van der Waals surface area contributed by atoms with E-state index in [0.29, 0.717) is 28.6 Å². The molecule has 0 radical (unpaired) electrons. The molecule has 1 aromatic heterocycles. The number of aromatic amines is 1. The number of rotatable bonds is 6. The predicted octanol–water partition coefficient (Wildman–Crippen LogP) is 5.41. The number of hydrogen-bond donors (Lipinski definition) is 1. The van der Waals surface area contributed by atoms with Crippen LogP contribution in [0.25, 0.3) is 11.1 Å². The maximum absolute atomic E-state index is 14.4. The van der Waals surface area contributed by atoms with Gasteiger partial charge >= 0.3 is 0 Å². The average molecular weight is 448 g/mol. The van der Waals surface area contributed by atoms with E-state index < -0.39 is 11.6 Å². The molecule has 4 rings (SSSR count). The monoisotopic (exact) mass is 447 g/mol. The molecule has 8 heteroatoms. The van der Waals surface area contributed by atoms with Crippen LogP contribution in [-0.4, -0.2) is 42.4 Å². The number of nitrogens with zero attached hydrogens (tertiary/aromatic N) is 2. The first-order valence-electron chi connectivity index (χ1n) is 10.1. The van der Waals surface area contributed by atoms with Gasteiger partial charge in [-0.2, -0.15) is 5.10 Å². The van der Waals surface area contributed by atoms with Gasteiger partial charge in [0.05, 0.1) is 26.0 Å². The van der Waals surface area contributed by atoms with Crippen molar-refractivity contribution in [2.24, 2.45) is 0 Å². The third-order valence-electron chi connectivity index (χ3n) is 5.76. The number of methoxy groups -OCH3 is 2. The second-order valence-corrected chi connectivity index (χ2v) is 8.07. The highest BCUT2D eigenvalue weighted by molar-refractivity contribution is 6.31. The van der Waals surface area contributed by atoms with Crippen LogP contribution in [-0.2, 0) is 6.54 Å². The molecule has 5 nitrogen and oxygen atoms in total. The van der Waals surface area contributed by atoms with Crippen LogP contribution in [0.4, 0.5) is 8.78 Å². The summed E-state index contributed by atoms with van der Waals surface area (Å²) in [6.45, 7) is 2.25. The van der Waals surface area contributed by atoms with Crippen molar-refractivity contribution in [1.29, 1.82) is 0 Å². The largest absolute Gasteiger partial charge is 0.493 e. The first-order chi connectivity index (χ1) is 15.0. The molecular weight excluding hydrogens is 424 g/mol. The van der Waals surface area contributed by atoms with Gasteiger partial charge in [-0.1, -0.05) is 17.7 Å². The Labute approximate surface area is 184 Å². The van der Waals surface area contributed by atoms with Crippen LogP contribution in [0.15, 0.2) is 36.5 Å². The molecule has 0 aliphatic carbocycles. The molecule has 1 fully saturated rings. The fourth-order valence-corrected chi connectivity index (χ4v) is 4.47. The number of nitrogens with one attached hydrogen (secondary N) is 1. The van der Waals surface area contributed by atoms with E-state index in [1.54, 1.807) is 20.3 Å². The van der Waals surface area contributed by atoms with Gasteiger partial charge in [0.25, 0.3) is 0 Å². The van der Waals surface area contributed by atoms with Gasteiger partial charge < -0.3 is 9.47 Å². The first kappa shape index (κ1) is 21.6. The third kappa shape index (κ3) is 4.38. The molecule has 31 heavy (non-hydrogen) atoms. The van der Waals surface area contributed by atoms with Gasteiger partial charge in [0, 0.05) is 41.4 Å². The fourth-order valence-electron chi connectivity index (χ4n) is 4.25. The summed E-state index contributed by atoms with van der Waals surface area (Å²) in [4.78, 5) is 2.28. The Balaban J connectivity index is 1.57. The zero-order valence-corrected chi connectivity index (χ0v) is 18.2. The molecule has 2 heterocycles. The highest BCUT2D eigenvalue weighted by Gasteiger charge is 2.27. The van der Waals surface area contributed by atoms with Crippen molar-refractivity contribution < 1.29 is 18.3 Å². The maximum Gasteiger partial charge on any atom is 0.162 e. The molecule has 2 aromatic carbocycles. The van der Waals surface area contributed by atoms with Crippen LogP contribution in [0.3, 0.4) is 0 Å². The minimum absolute atomic E-state index is 0.0358. The highest BCUT2D eigenvalue weighted by atomic mass is 35.5. The Hall–Kier alpha value is -2.64. The van der Waals surface area contributed by atoms with Gasteiger partial charge in [0.15, 0.2) is 11.5 Å². The van der Waals surface area contributed by atoms with E-state index in [9.17, 15) is 8.78 Å². The summed E-state index contributed by atoms with van der Waals surface area (Å²) in [5, 5.41) is 7.68. The Bertz CT molecular complexity index is 1050. The predicted molar refractivity (Wildman–Crippen MR) is 116 cm³/mol. The number of benzene rings is 2. The summed E-state index contributed by atoms with van der Waals surface area (Å²) in [7, 11) is 3.16. The smallest absolute Gasteiger partial charge is 0.162 e. The second kappa shape index (κ2) is 9.24. The molecule has 0 amide bonds. The van der Waals surface area contributed by atoms with Crippen molar-refractivity contribution >= 4 is 11.6 Å². The molecule has 1 atom stereocenters. The molecule has 1 aliphatic heterocycles. The van der Waals surface area contributed by atoms with Crippen molar-refractivity contribution in [3.8, 4) is 22.6 Å². The van der Waals surface area contributed by atoms with Gasteiger partial charge in [-0.05, 0) is 43.1 Å². The average Bonchev–Trinajstić information content (AvgIpc) is 3.24. The lowest BCUT2D eigenvalue weighted by atomic mass is 9.90. The van der Waals surface area contributed by atoms with E-state index in [1.165, 1.54) is 24.4 Å². The molecule has 1 N–H and O–H groups in total. The van der Waals surface area contributed by atoms with Crippen molar-refractivity contribution in [1.82, 2.24) is 15.1 Å². The summed E-state index contributed by atoms with van der Waals surface area (Å²) in [6.07, 6.45) is 3.36. The van der Waals surface area contributed by atoms with E-state index in [-0.39, 0.29) is 11.5 Å². The maximum atomic E-state index is 14.4. The van der Waals surface area contributed by atoms with E-state index in [4.69, 9.17) is 21.1 Å². The first-order valence-corrected chi connectivity index (χ1v) is 10.5. The van der Waals surface area contributed by atoms with E-state index in [1.807, 2.05) is 6.07 Å². The lowest BCUT2D eigenvalue weighted by Gasteiger charge is -2.33. The molecule has 3 aromatic rings. The van der Waals surface area contributed by atoms with Crippen molar-refractivity contribution in [3.63, 3.8) is 0 Å². The summed E-state index contributed by atoms with van der Waals surface area (Å²) in [6, 6.07) is 7.54. The fraction of sp³-hybridized carbons (Fsp3) is 0.348. The topological polar surface area (TPSA) is 50.4 Å². The molecule has 0 spiro atoms. The Morgan fingerprint density at radius 1 is 1.16 bits per heavy atom. The Kier molecular flexibility index (Phi) is 6.43. The SMILES string of the molecule is COc1cc(Cl)c(CN2CCC[C@@H](c3[nH]ncc3-c3c(F)cccc3F)C2)cc1OC. The van der Waals surface area contributed by atoms with Gasteiger partial charge in [-0.25, -0.2) is 8.78 Å². The summed E-state index contributed by atoms with van der Waals surface area (Å²) in [5.41, 5.74) is 2.13. The van der Waals surface area contributed by atoms with E-state index >= 15 is 0 Å². The molecule has 1 aliphatic rings. The number of hydrogen-bond acceptors (Lipinski definition) is 4. The quantitative estimate of drug-likeness (QED) is 0.549. The zero-order chi connectivity index (χ0) is 22.0. The van der Waals surface area contributed by atoms with Crippen LogP contribution in [0.2, 0.25) is 5.02 Å². The number of ether oxygens (including phenoxy) is 2. The van der Waals surface area contributed by atoms with Crippen LogP contribution < -0.4 is 9.47 Å². The standard InChI is InChI=1S/C23H24ClF2N3O2/c1-30-20-9-15(17(24)10-21(20)31-2)13-29-8-4-5-14(12-29)23-16(11-27-28-23)22-18(25)6-3-7-19(22)26/h3,6-7,9-11,14H,4-5,8,12-13H2,1-2H3,(H,27,28)/t14-/m1/s1. The van der Waals surface area contributed by atoms with Crippen LogP contribution in [0.1, 0.15) is 30.0 Å². The molecule has 0 unspecified atom stereocenters. The molecule has 0 bridgehead atoms. The van der Waals surface area contributed by atoms with Crippen molar-refractivity contribution in [3.05, 3.63) is 64.4 Å². The third-order valence-corrected chi connectivity index (χ3v) is 6.11. The van der Waals surface area contributed by atoms with Gasteiger partial charge in [-0.15, -0.1) is 0 Å². The van der Waals surface area contributed by atoms with Gasteiger partial charge in [-0.3, -0.25) is 10.00 Å². The number of halogens is 3. The summed E-state index contributed by atoms with van der Waals surface area (Å²) < 4.78 is 39.5. The van der Waals surface area contributed by atoms with Gasteiger partial charge in [0.2, 0.25) is 0 Å². The number of likely N-dealkylation sites (tertiary alicyclic amines) is 1. The normalized spacial score (nSPS) is 17.0. The molecule has 164 valence electrons. The lowest BCUT2D eigenvalue weighted by Crippen LogP contribution is -2.34. The van der Waals surface area contributed by atoms with Crippen LogP contribution in [0.5, 0.6) is 11.5 Å². The number of aromatic nitrogens is 2. The van der Waals surface area contributed by atoms with Gasteiger partial charge in [0.1, 0.15) is 11.6 Å². The zero-order valence-electron chi connectivity index (χ0n) is 17.4. The highest BCUT2D eigenvalue weighted by Crippen LogP contribution is 2.37. The molecule has 0 saturated carbocycles. The van der Waals surface area contributed by atoms with E-state index in [0.717, 1.165) is 37.2 Å². The Morgan fingerprint density at radius 3 is 2.58 bits per heavy atom. The summed E-state index contributed by atoms with van der Waals surface area (Å²) in [5.74, 6) is 0.104. The van der Waals surface area contributed by atoms with Crippen molar-refractivity contribution in [2.45, 2.75) is 25.3 Å². The number of piperidine rings is 1. The molecule has 1 saturated heterocycles. The second-order valence-electron chi connectivity index (χ2n) is 7.67. The van der Waals surface area contributed by atoms with Crippen LogP contribution in [0, 0.1) is 11.6 Å². The Morgan fingerprint density at radius 2 is 1.87 bits per heavy atom. The number of H-pyrrole nitrogens is 1. The minimum Gasteiger partial charge on any atom is -0.493 e. The minimum atomic E-state index is -0.590. The van der Waals surface area contributed by atoms with E-state index in [2.05, 4.69) is 15.1 Å². The van der Waals surface area contributed by atoms with Crippen LogP contribution >= 0.6 is 11.6 Å². The lowest BCUT2D eigenvalue weighted by molar-refractivity contribution is 0.198. The molecular formula is C23H24ClF2N3O2. The summed E-state index contributed by atoms with van der Waals surface area (Å²) >= 11 is 6.47. The van der Waals surface area contributed by atoms with Crippen molar-refractivity contribution in [2.75, 3.05) is 27.3 Å².